The summed E-state index contributed by atoms with van der Waals surface area (Å²) < 4.78 is 0. The smallest absolute Gasteiger partial charge is 0.0105 e. The van der Waals surface area contributed by atoms with Crippen LogP contribution in [-0.2, 0) is 0 Å². The molecule has 0 spiro atoms. The van der Waals surface area contributed by atoms with Crippen molar-refractivity contribution < 1.29 is 0 Å². The number of hydrogen-bond acceptors (Lipinski definition) is 2. The molecule has 2 heteroatoms. The van der Waals surface area contributed by atoms with Gasteiger partial charge in [0.1, 0.15) is 0 Å². The summed E-state index contributed by atoms with van der Waals surface area (Å²) in [7, 11) is 0. The molecule has 2 atom stereocenters. The van der Waals surface area contributed by atoms with Crippen LogP contribution in [0.2, 0.25) is 0 Å². The van der Waals surface area contributed by atoms with E-state index in [0.29, 0.717) is 0 Å². The van der Waals surface area contributed by atoms with Crippen molar-refractivity contribution in [3.8, 4) is 0 Å². The Labute approximate surface area is 75.1 Å². The third kappa shape index (κ3) is 2.20. The van der Waals surface area contributed by atoms with Gasteiger partial charge in [0.05, 0.1) is 0 Å². The van der Waals surface area contributed by atoms with Crippen molar-refractivity contribution in [3.05, 3.63) is 0 Å². The van der Waals surface area contributed by atoms with Crippen molar-refractivity contribution in [3.63, 3.8) is 0 Å². The lowest BCUT2D eigenvalue weighted by Gasteiger charge is -2.15. The van der Waals surface area contributed by atoms with E-state index in [2.05, 4.69) is 17.6 Å². The summed E-state index contributed by atoms with van der Waals surface area (Å²) in [5.41, 5.74) is 0. The van der Waals surface area contributed by atoms with Crippen LogP contribution in [0.5, 0.6) is 0 Å². The Kier molecular flexibility index (Phi) is 2.66. The molecule has 0 amide bonds. The number of nitrogens with one attached hydrogen (secondary N) is 2. The monoisotopic (exact) mass is 168 g/mol. The zero-order valence-corrected chi connectivity index (χ0v) is 7.97. The van der Waals surface area contributed by atoms with E-state index in [0.717, 1.165) is 18.0 Å². The molecule has 2 nitrogen and oxygen atoms in total. The summed E-state index contributed by atoms with van der Waals surface area (Å²) in [6.07, 6.45) is 5.51. The molecule has 1 aliphatic heterocycles. The van der Waals surface area contributed by atoms with Crippen LogP contribution in [0.25, 0.3) is 0 Å². The average Bonchev–Trinajstić information content (AvgIpc) is 2.78. The molecule has 12 heavy (non-hydrogen) atoms. The third-order valence-corrected chi connectivity index (χ3v) is 3.16. The van der Waals surface area contributed by atoms with E-state index in [-0.39, 0.29) is 0 Å². The molecule has 2 fully saturated rings. The zero-order chi connectivity index (χ0) is 8.39. The van der Waals surface area contributed by atoms with Crippen molar-refractivity contribution in [1.82, 2.24) is 10.6 Å². The summed E-state index contributed by atoms with van der Waals surface area (Å²) in [4.78, 5) is 0. The fourth-order valence-corrected chi connectivity index (χ4v) is 2.02. The summed E-state index contributed by atoms with van der Waals surface area (Å²) >= 11 is 0. The molecule has 2 aliphatic rings. The second-order valence-corrected chi connectivity index (χ2v) is 4.34. The van der Waals surface area contributed by atoms with E-state index < -0.39 is 0 Å². The van der Waals surface area contributed by atoms with E-state index in [4.69, 9.17) is 0 Å². The van der Waals surface area contributed by atoms with E-state index in [9.17, 15) is 0 Å². The lowest BCUT2D eigenvalue weighted by molar-refractivity contribution is 0.439. The van der Waals surface area contributed by atoms with Crippen LogP contribution in [-0.4, -0.2) is 25.2 Å². The first kappa shape index (κ1) is 8.52. The molecule has 1 aliphatic carbocycles. The Hall–Kier alpha value is -0.0800. The highest BCUT2D eigenvalue weighted by Gasteiger charge is 2.24. The first-order valence-electron chi connectivity index (χ1n) is 5.33. The lowest BCUT2D eigenvalue weighted by atomic mass is 10.0. The van der Waals surface area contributed by atoms with Crippen LogP contribution in [0.15, 0.2) is 0 Å². The Bertz CT molecular complexity index is 143. The Morgan fingerprint density at radius 3 is 2.75 bits per heavy atom. The van der Waals surface area contributed by atoms with Gasteiger partial charge in [-0.3, -0.25) is 0 Å². The minimum absolute atomic E-state index is 0.788. The van der Waals surface area contributed by atoms with Crippen LogP contribution in [0.3, 0.4) is 0 Å². The van der Waals surface area contributed by atoms with Gasteiger partial charge in [0.15, 0.2) is 0 Å². The molecule has 0 bridgehead atoms. The second kappa shape index (κ2) is 3.75. The topological polar surface area (TPSA) is 24.1 Å². The molecule has 2 unspecified atom stereocenters. The number of rotatable bonds is 4. The Morgan fingerprint density at radius 1 is 1.33 bits per heavy atom. The molecule has 70 valence electrons. The van der Waals surface area contributed by atoms with Gasteiger partial charge in [-0.15, -0.1) is 0 Å². The minimum Gasteiger partial charge on any atom is -0.314 e. The maximum Gasteiger partial charge on any atom is 0.0105 e. The van der Waals surface area contributed by atoms with Crippen molar-refractivity contribution in [1.29, 1.82) is 0 Å². The normalized spacial score (nSPS) is 35.8. The highest BCUT2D eigenvalue weighted by atomic mass is 15.0. The quantitative estimate of drug-likeness (QED) is 0.657. The molecule has 0 aromatic rings. The van der Waals surface area contributed by atoms with Crippen molar-refractivity contribution in [2.45, 2.75) is 44.7 Å². The van der Waals surface area contributed by atoms with E-state index in [1.54, 1.807) is 0 Å². The first-order chi connectivity index (χ1) is 5.86. The summed E-state index contributed by atoms with van der Waals surface area (Å²) in [5, 5.41) is 7.12. The van der Waals surface area contributed by atoms with Gasteiger partial charge in [-0.25, -0.2) is 0 Å². The summed E-state index contributed by atoms with van der Waals surface area (Å²) in [6.45, 7) is 4.81. The largest absolute Gasteiger partial charge is 0.314 e. The van der Waals surface area contributed by atoms with Crippen LogP contribution < -0.4 is 10.6 Å². The van der Waals surface area contributed by atoms with Crippen LogP contribution >= 0.6 is 0 Å². The fourth-order valence-electron chi connectivity index (χ4n) is 2.02. The average molecular weight is 168 g/mol. The molecule has 0 aromatic carbocycles. The van der Waals surface area contributed by atoms with Gasteiger partial charge in [-0.1, -0.05) is 6.92 Å². The van der Waals surface area contributed by atoms with Crippen molar-refractivity contribution >= 4 is 0 Å². The highest BCUT2D eigenvalue weighted by Crippen LogP contribution is 2.20. The van der Waals surface area contributed by atoms with Gasteiger partial charge in [-0.05, 0) is 44.7 Å². The highest BCUT2D eigenvalue weighted by molar-refractivity contribution is 4.84. The van der Waals surface area contributed by atoms with Crippen LogP contribution in [0.1, 0.15) is 32.6 Å². The molecule has 1 saturated heterocycles. The molecule has 1 saturated carbocycles. The van der Waals surface area contributed by atoms with Gasteiger partial charge in [0.2, 0.25) is 0 Å². The fraction of sp³-hybridized carbons (Fsp3) is 1.00. The molecule has 2 rings (SSSR count). The van der Waals surface area contributed by atoms with Crippen LogP contribution in [0, 0.1) is 5.92 Å². The van der Waals surface area contributed by atoms with E-state index in [1.807, 2.05) is 0 Å². The SMILES string of the molecule is CC1CCNC1CCNC1CC1. The molecular weight excluding hydrogens is 148 g/mol. The maximum absolute atomic E-state index is 3.56. The summed E-state index contributed by atoms with van der Waals surface area (Å²) in [5.74, 6) is 0.894. The first-order valence-corrected chi connectivity index (χ1v) is 5.33. The molecule has 2 N–H and O–H groups in total. The molecular formula is C10H20N2. The van der Waals surface area contributed by atoms with Gasteiger partial charge < -0.3 is 10.6 Å². The van der Waals surface area contributed by atoms with E-state index in [1.165, 1.54) is 38.8 Å². The predicted octanol–water partition coefficient (Wildman–Crippen LogP) is 1.13. The lowest BCUT2D eigenvalue weighted by Crippen LogP contribution is -2.30. The Morgan fingerprint density at radius 2 is 2.17 bits per heavy atom. The van der Waals surface area contributed by atoms with Crippen molar-refractivity contribution in [2.24, 2.45) is 5.92 Å². The number of hydrogen-bond donors (Lipinski definition) is 2. The molecule has 0 aromatic heterocycles. The van der Waals surface area contributed by atoms with Crippen LogP contribution in [0.4, 0.5) is 0 Å². The van der Waals surface area contributed by atoms with Crippen molar-refractivity contribution in [2.75, 3.05) is 13.1 Å². The Balaban J connectivity index is 1.58. The summed E-state index contributed by atoms with van der Waals surface area (Å²) in [6, 6.07) is 1.66. The van der Waals surface area contributed by atoms with Gasteiger partial charge in [0, 0.05) is 12.1 Å². The predicted molar refractivity (Wildman–Crippen MR) is 51.2 cm³/mol. The van der Waals surface area contributed by atoms with Gasteiger partial charge in [-0.2, -0.15) is 0 Å². The second-order valence-electron chi connectivity index (χ2n) is 4.34. The maximum atomic E-state index is 3.56. The van der Waals surface area contributed by atoms with E-state index >= 15 is 0 Å². The zero-order valence-electron chi connectivity index (χ0n) is 7.97. The third-order valence-electron chi connectivity index (χ3n) is 3.16. The standard InChI is InChI=1S/C10H20N2/c1-8-4-6-12-10(8)5-7-11-9-2-3-9/h8-12H,2-7H2,1H3. The van der Waals surface area contributed by atoms with Gasteiger partial charge >= 0.3 is 0 Å². The molecule has 0 radical (unpaired) electrons. The minimum atomic E-state index is 0.788. The van der Waals surface area contributed by atoms with Gasteiger partial charge in [0.25, 0.3) is 0 Å². The molecule has 1 heterocycles.